The van der Waals surface area contributed by atoms with Crippen molar-refractivity contribution in [3.63, 3.8) is 0 Å². The molecular weight excluding hydrogens is 268 g/mol. The first-order valence-electron chi connectivity index (χ1n) is 5.49. The number of carbonyl (C=O) groups excluding carboxylic acids is 1. The van der Waals surface area contributed by atoms with Crippen LogP contribution in [0.5, 0.6) is 11.5 Å². The number of hydrogen-bond acceptors (Lipinski definition) is 7. The molecule has 1 heterocycles. The number of aromatic nitrogens is 1. The summed E-state index contributed by atoms with van der Waals surface area (Å²) in [6.07, 6.45) is 1.84. The topological polar surface area (TPSA) is 105 Å². The van der Waals surface area contributed by atoms with Gasteiger partial charge in [0.05, 0.1) is 29.9 Å². The maximum absolute atomic E-state index is 10.9. The molecule has 0 aliphatic rings. The molecule has 2 aromatic rings. The number of methoxy groups -OCH3 is 1. The highest BCUT2D eigenvalue weighted by atomic mass is 16.6. The molecule has 104 valence electrons. The van der Waals surface area contributed by atoms with Gasteiger partial charge in [-0.25, -0.2) is 0 Å². The maximum Gasteiger partial charge on any atom is 0.283 e. The fourth-order valence-corrected chi connectivity index (χ4v) is 1.56. The van der Waals surface area contributed by atoms with Gasteiger partial charge >= 0.3 is 0 Å². The summed E-state index contributed by atoms with van der Waals surface area (Å²) in [5.41, 5.74) is -0.438. The van der Waals surface area contributed by atoms with Gasteiger partial charge in [0.1, 0.15) is 6.61 Å². The van der Waals surface area contributed by atoms with E-state index in [2.05, 4.69) is 5.16 Å². The molecule has 0 unspecified atom stereocenters. The Balaban J connectivity index is 2.32. The largest absolute Gasteiger partial charge is 0.493 e. The molecule has 8 heteroatoms. The van der Waals surface area contributed by atoms with Crippen LogP contribution in [-0.4, -0.2) is 23.5 Å². The molecule has 8 nitrogen and oxygen atoms in total. The smallest absolute Gasteiger partial charge is 0.283 e. The maximum atomic E-state index is 10.9. The highest BCUT2D eigenvalue weighted by Gasteiger charge is 2.19. The Kier molecular flexibility index (Phi) is 3.94. The zero-order valence-corrected chi connectivity index (χ0v) is 10.4. The van der Waals surface area contributed by atoms with Gasteiger partial charge in [-0.05, 0) is 0 Å². The summed E-state index contributed by atoms with van der Waals surface area (Å²) < 4.78 is 15.3. The van der Waals surface area contributed by atoms with E-state index in [9.17, 15) is 14.9 Å². The van der Waals surface area contributed by atoms with E-state index in [0.717, 1.165) is 6.07 Å². The van der Waals surface area contributed by atoms with E-state index in [0.29, 0.717) is 12.0 Å². The Morgan fingerprint density at radius 1 is 1.45 bits per heavy atom. The lowest BCUT2D eigenvalue weighted by Crippen LogP contribution is -2.01. The van der Waals surface area contributed by atoms with Crippen molar-refractivity contribution in [2.75, 3.05) is 7.11 Å². The summed E-state index contributed by atoms with van der Waals surface area (Å²) in [5, 5.41) is 14.4. The van der Waals surface area contributed by atoms with Crippen molar-refractivity contribution in [3.05, 3.63) is 45.8 Å². The van der Waals surface area contributed by atoms with Crippen LogP contribution < -0.4 is 9.47 Å². The van der Waals surface area contributed by atoms with Gasteiger partial charge in [0.25, 0.3) is 5.69 Å². The quantitative estimate of drug-likeness (QED) is 0.452. The molecule has 0 aliphatic carbocycles. The molecule has 0 fully saturated rings. The number of carbonyl (C=O) groups is 1. The van der Waals surface area contributed by atoms with E-state index in [1.54, 1.807) is 6.07 Å². The molecule has 1 aromatic carbocycles. The van der Waals surface area contributed by atoms with Crippen LogP contribution in [0.4, 0.5) is 5.69 Å². The predicted octanol–water partition coefficient (Wildman–Crippen LogP) is 1.98. The van der Waals surface area contributed by atoms with Gasteiger partial charge < -0.3 is 14.0 Å². The van der Waals surface area contributed by atoms with Gasteiger partial charge in [0.2, 0.25) is 0 Å². The van der Waals surface area contributed by atoms with Gasteiger partial charge in [-0.1, -0.05) is 5.16 Å². The van der Waals surface area contributed by atoms with E-state index in [1.807, 2.05) is 0 Å². The monoisotopic (exact) mass is 278 g/mol. The first-order chi connectivity index (χ1) is 9.65. The van der Waals surface area contributed by atoms with Crippen LogP contribution in [0.15, 0.2) is 28.9 Å². The number of aldehydes is 1. The van der Waals surface area contributed by atoms with Crippen molar-refractivity contribution in [3.8, 4) is 11.5 Å². The summed E-state index contributed by atoms with van der Waals surface area (Å²) in [7, 11) is 1.37. The molecule has 2 rings (SSSR count). The molecule has 0 aliphatic heterocycles. The number of rotatable bonds is 6. The number of benzene rings is 1. The normalized spacial score (nSPS) is 10.1. The molecule has 20 heavy (non-hydrogen) atoms. The van der Waals surface area contributed by atoms with Crippen LogP contribution in [0, 0.1) is 10.1 Å². The molecule has 0 radical (unpaired) electrons. The molecule has 0 bridgehead atoms. The summed E-state index contributed by atoms with van der Waals surface area (Å²) in [6, 6.07) is 3.99. The van der Waals surface area contributed by atoms with E-state index >= 15 is 0 Å². The molecule has 0 N–H and O–H groups in total. The van der Waals surface area contributed by atoms with Crippen molar-refractivity contribution in [1.29, 1.82) is 0 Å². The Morgan fingerprint density at radius 2 is 2.25 bits per heavy atom. The lowest BCUT2D eigenvalue weighted by molar-refractivity contribution is -0.385. The first kappa shape index (κ1) is 13.5. The third-order valence-electron chi connectivity index (χ3n) is 2.50. The van der Waals surface area contributed by atoms with Crippen molar-refractivity contribution < 1.29 is 23.7 Å². The van der Waals surface area contributed by atoms with Crippen LogP contribution in [0.3, 0.4) is 0 Å². The van der Waals surface area contributed by atoms with Crippen LogP contribution in [0.1, 0.15) is 16.1 Å². The molecule has 0 spiro atoms. The number of hydrogen-bond donors (Lipinski definition) is 0. The van der Waals surface area contributed by atoms with Crippen molar-refractivity contribution >= 4 is 12.0 Å². The lowest BCUT2D eigenvalue weighted by atomic mass is 10.1. The summed E-state index contributed by atoms with van der Waals surface area (Å²) >= 11 is 0. The molecule has 1 aromatic heterocycles. The second-order valence-corrected chi connectivity index (χ2v) is 3.70. The summed E-state index contributed by atoms with van der Waals surface area (Å²) in [4.78, 5) is 21.1. The predicted molar refractivity (Wildman–Crippen MR) is 65.9 cm³/mol. The Bertz CT molecular complexity index is 623. The highest BCUT2D eigenvalue weighted by molar-refractivity contribution is 5.83. The van der Waals surface area contributed by atoms with Crippen LogP contribution in [0.2, 0.25) is 0 Å². The second kappa shape index (κ2) is 5.83. The summed E-state index contributed by atoms with van der Waals surface area (Å²) in [6.45, 7) is 0.0357. The average molecular weight is 278 g/mol. The molecule has 0 amide bonds. The molecule has 0 saturated carbocycles. The van der Waals surface area contributed by atoms with Gasteiger partial charge in [-0.2, -0.15) is 0 Å². The van der Waals surface area contributed by atoms with E-state index in [-0.39, 0.29) is 29.4 Å². The third kappa shape index (κ3) is 2.74. The minimum Gasteiger partial charge on any atom is -0.493 e. The number of nitro groups is 1. The zero-order valence-electron chi connectivity index (χ0n) is 10.4. The number of ether oxygens (including phenoxy) is 2. The highest BCUT2D eigenvalue weighted by Crippen LogP contribution is 2.34. The third-order valence-corrected chi connectivity index (χ3v) is 2.50. The fourth-order valence-electron chi connectivity index (χ4n) is 1.56. The Labute approximate surface area is 113 Å². The standard InChI is InChI=1S/C12H10N2O6/c1-18-11-4-8(6-15)10(14(16)17)5-12(11)19-7-9-2-3-13-20-9/h2-6H,7H2,1H3. The first-order valence-corrected chi connectivity index (χ1v) is 5.49. The van der Waals surface area contributed by atoms with Gasteiger partial charge in [0, 0.05) is 12.1 Å². The van der Waals surface area contributed by atoms with Crippen molar-refractivity contribution in [1.82, 2.24) is 5.16 Å². The number of nitrogens with zero attached hydrogens (tertiary/aromatic N) is 2. The zero-order chi connectivity index (χ0) is 14.5. The average Bonchev–Trinajstić information content (AvgIpc) is 2.97. The van der Waals surface area contributed by atoms with E-state index < -0.39 is 4.92 Å². The number of nitro benzene ring substituents is 1. The summed E-state index contributed by atoms with van der Waals surface area (Å²) in [5.74, 6) is 0.813. The second-order valence-electron chi connectivity index (χ2n) is 3.70. The van der Waals surface area contributed by atoms with Crippen LogP contribution >= 0.6 is 0 Å². The minimum absolute atomic E-state index is 0.0357. The van der Waals surface area contributed by atoms with Crippen LogP contribution in [0.25, 0.3) is 0 Å². The molecule has 0 saturated heterocycles. The minimum atomic E-state index is -0.662. The van der Waals surface area contributed by atoms with Gasteiger partial charge in [0.15, 0.2) is 23.5 Å². The van der Waals surface area contributed by atoms with E-state index in [1.165, 1.54) is 19.4 Å². The van der Waals surface area contributed by atoms with Crippen molar-refractivity contribution in [2.45, 2.75) is 6.61 Å². The Hall–Kier alpha value is -2.90. The van der Waals surface area contributed by atoms with E-state index in [4.69, 9.17) is 14.0 Å². The SMILES string of the molecule is COc1cc(C=O)c([N+](=O)[O-])cc1OCc1ccno1. The fraction of sp³-hybridized carbons (Fsp3) is 0.167. The molecular formula is C12H10N2O6. The van der Waals surface area contributed by atoms with Crippen LogP contribution in [-0.2, 0) is 6.61 Å². The van der Waals surface area contributed by atoms with Gasteiger partial charge in [-0.3, -0.25) is 14.9 Å². The Morgan fingerprint density at radius 3 is 2.80 bits per heavy atom. The molecule has 0 atom stereocenters. The van der Waals surface area contributed by atoms with Gasteiger partial charge in [-0.15, -0.1) is 0 Å². The lowest BCUT2D eigenvalue weighted by Gasteiger charge is -2.10. The van der Waals surface area contributed by atoms with Crippen molar-refractivity contribution in [2.24, 2.45) is 0 Å².